The number of carbonyl (C=O) groups excluding carboxylic acids is 2. The number of esters is 2. The number of carbonyl (C=O) groups is 2. The molecule has 174 valence electrons. The van der Waals surface area contributed by atoms with Gasteiger partial charge in [0.25, 0.3) is 0 Å². The lowest BCUT2D eigenvalue weighted by atomic mass is 10.1. The number of benzene rings is 2. The van der Waals surface area contributed by atoms with Gasteiger partial charge in [-0.3, -0.25) is 9.59 Å². The zero-order chi connectivity index (χ0) is 23.6. The fourth-order valence-corrected chi connectivity index (χ4v) is 3.27. The van der Waals surface area contributed by atoms with Gasteiger partial charge in [0.2, 0.25) is 0 Å². The van der Waals surface area contributed by atoms with Crippen molar-refractivity contribution in [2.75, 3.05) is 25.1 Å². The monoisotopic (exact) mass is 481 g/mol. The minimum atomic E-state index is -0.486. The Morgan fingerprint density at radius 2 is 1.59 bits per heavy atom. The summed E-state index contributed by atoms with van der Waals surface area (Å²) in [5.74, 6) is -0.625. The highest BCUT2D eigenvalue weighted by molar-refractivity contribution is 6.39. The first-order valence-corrected chi connectivity index (χ1v) is 11.2. The number of hydrogen-bond acceptors (Lipinski definition) is 6. The second-order valence-corrected chi connectivity index (χ2v) is 8.89. The number of halogens is 2. The standard InChI is InChI=1S/C24H29Cl2NO5/c1-24(2,3)32-21(28)12-7-13-30-14-15-31-22(29)16-17-8-4-5-11-20(17)27-23-18(25)9-6-10-19(23)26/h4-6,8-11,27H,7,12-16H2,1-3H3. The smallest absolute Gasteiger partial charge is 0.310 e. The van der Waals surface area contributed by atoms with E-state index < -0.39 is 5.60 Å². The average molecular weight is 482 g/mol. The average Bonchev–Trinajstić information content (AvgIpc) is 2.70. The second-order valence-electron chi connectivity index (χ2n) is 8.08. The van der Waals surface area contributed by atoms with Crippen molar-refractivity contribution in [2.24, 2.45) is 0 Å². The molecule has 2 rings (SSSR count). The molecule has 1 N–H and O–H groups in total. The Bertz CT molecular complexity index is 891. The molecular weight excluding hydrogens is 453 g/mol. The number of anilines is 2. The van der Waals surface area contributed by atoms with Crippen LogP contribution < -0.4 is 5.32 Å². The fourth-order valence-electron chi connectivity index (χ4n) is 2.78. The molecule has 2 aromatic rings. The van der Waals surface area contributed by atoms with Crippen molar-refractivity contribution < 1.29 is 23.8 Å². The topological polar surface area (TPSA) is 73.9 Å². The predicted octanol–water partition coefficient (Wildman–Crippen LogP) is 5.96. The molecule has 2 aromatic carbocycles. The summed E-state index contributed by atoms with van der Waals surface area (Å²) in [6.45, 7) is 6.27. The molecule has 0 atom stereocenters. The van der Waals surface area contributed by atoms with Gasteiger partial charge in [-0.1, -0.05) is 47.5 Å². The van der Waals surface area contributed by atoms with E-state index in [0.717, 1.165) is 11.3 Å². The first-order valence-electron chi connectivity index (χ1n) is 10.4. The molecule has 0 spiro atoms. The van der Waals surface area contributed by atoms with Gasteiger partial charge in [-0.25, -0.2) is 0 Å². The summed E-state index contributed by atoms with van der Waals surface area (Å²) in [5, 5.41) is 4.16. The summed E-state index contributed by atoms with van der Waals surface area (Å²) >= 11 is 12.5. The van der Waals surface area contributed by atoms with E-state index in [1.807, 2.05) is 45.0 Å². The Kier molecular flexibility index (Phi) is 10.3. The number of ether oxygens (including phenoxy) is 3. The predicted molar refractivity (Wildman–Crippen MR) is 127 cm³/mol. The third-order valence-electron chi connectivity index (χ3n) is 4.15. The highest BCUT2D eigenvalue weighted by Gasteiger charge is 2.15. The molecule has 0 unspecified atom stereocenters. The Morgan fingerprint density at radius 3 is 2.28 bits per heavy atom. The van der Waals surface area contributed by atoms with Crippen molar-refractivity contribution in [2.45, 2.75) is 45.6 Å². The van der Waals surface area contributed by atoms with Crippen LogP contribution in [-0.4, -0.2) is 37.4 Å². The molecule has 0 aliphatic heterocycles. The molecule has 6 nitrogen and oxygen atoms in total. The van der Waals surface area contributed by atoms with Crippen molar-refractivity contribution in [3.8, 4) is 0 Å². The van der Waals surface area contributed by atoms with E-state index in [-0.39, 0.29) is 38.0 Å². The van der Waals surface area contributed by atoms with Crippen LogP contribution in [0.1, 0.15) is 39.2 Å². The maximum atomic E-state index is 12.2. The first-order chi connectivity index (χ1) is 15.2. The third kappa shape index (κ3) is 9.47. The van der Waals surface area contributed by atoms with Gasteiger partial charge in [0.05, 0.1) is 28.8 Å². The number of rotatable bonds is 11. The second kappa shape index (κ2) is 12.7. The zero-order valence-electron chi connectivity index (χ0n) is 18.6. The Hall–Kier alpha value is -2.28. The van der Waals surface area contributed by atoms with Gasteiger partial charge >= 0.3 is 11.9 Å². The van der Waals surface area contributed by atoms with Gasteiger partial charge in [-0.2, -0.15) is 0 Å². The summed E-state index contributed by atoms with van der Waals surface area (Å²) < 4.78 is 15.9. The van der Waals surface area contributed by atoms with E-state index in [1.54, 1.807) is 18.2 Å². The molecule has 0 aliphatic carbocycles. The Morgan fingerprint density at radius 1 is 0.906 bits per heavy atom. The van der Waals surface area contributed by atoms with Crippen LogP contribution in [0.2, 0.25) is 10.0 Å². The summed E-state index contributed by atoms with van der Waals surface area (Å²) in [5.41, 5.74) is 1.57. The molecular formula is C24H29Cl2NO5. The van der Waals surface area contributed by atoms with Crippen LogP contribution in [0.25, 0.3) is 0 Å². The van der Waals surface area contributed by atoms with E-state index in [9.17, 15) is 9.59 Å². The van der Waals surface area contributed by atoms with E-state index in [2.05, 4.69) is 5.32 Å². The molecule has 0 saturated carbocycles. The van der Waals surface area contributed by atoms with Gasteiger partial charge in [-0.05, 0) is 51.0 Å². The lowest BCUT2D eigenvalue weighted by Crippen LogP contribution is -2.23. The van der Waals surface area contributed by atoms with E-state index in [0.29, 0.717) is 28.8 Å². The lowest BCUT2D eigenvalue weighted by Gasteiger charge is -2.19. The van der Waals surface area contributed by atoms with Gasteiger partial charge in [0.1, 0.15) is 12.2 Å². The largest absolute Gasteiger partial charge is 0.463 e. The minimum absolute atomic E-state index is 0.0872. The van der Waals surface area contributed by atoms with Crippen LogP contribution >= 0.6 is 23.2 Å². The molecule has 0 aromatic heterocycles. The van der Waals surface area contributed by atoms with Crippen LogP contribution in [0.4, 0.5) is 11.4 Å². The van der Waals surface area contributed by atoms with E-state index in [1.165, 1.54) is 0 Å². The van der Waals surface area contributed by atoms with Crippen molar-refractivity contribution in [3.63, 3.8) is 0 Å². The molecule has 0 radical (unpaired) electrons. The van der Waals surface area contributed by atoms with Gasteiger partial charge in [0.15, 0.2) is 0 Å². The maximum Gasteiger partial charge on any atom is 0.310 e. The summed E-state index contributed by atoms with van der Waals surface area (Å²) in [6.07, 6.45) is 0.923. The van der Waals surface area contributed by atoms with E-state index >= 15 is 0 Å². The summed E-state index contributed by atoms with van der Waals surface area (Å²) in [7, 11) is 0. The number of hydrogen-bond donors (Lipinski definition) is 1. The van der Waals surface area contributed by atoms with Gasteiger partial charge < -0.3 is 19.5 Å². The molecule has 0 bridgehead atoms. The quantitative estimate of drug-likeness (QED) is 0.315. The zero-order valence-corrected chi connectivity index (χ0v) is 20.1. The van der Waals surface area contributed by atoms with Crippen molar-refractivity contribution in [1.29, 1.82) is 0 Å². The Balaban J connectivity index is 1.72. The minimum Gasteiger partial charge on any atom is -0.463 e. The number of nitrogens with one attached hydrogen (secondary N) is 1. The van der Waals surface area contributed by atoms with Crippen molar-refractivity contribution in [1.82, 2.24) is 0 Å². The molecule has 0 heterocycles. The number of para-hydroxylation sites is 2. The van der Waals surface area contributed by atoms with Crippen LogP contribution in [0.3, 0.4) is 0 Å². The molecule has 0 aliphatic rings. The normalized spacial score (nSPS) is 11.2. The SMILES string of the molecule is CC(C)(C)OC(=O)CCCOCCOC(=O)Cc1ccccc1Nc1c(Cl)cccc1Cl. The summed E-state index contributed by atoms with van der Waals surface area (Å²) in [6, 6.07) is 12.6. The van der Waals surface area contributed by atoms with Crippen LogP contribution in [0.15, 0.2) is 42.5 Å². The van der Waals surface area contributed by atoms with Crippen LogP contribution in [-0.2, 0) is 30.2 Å². The molecule has 0 amide bonds. The van der Waals surface area contributed by atoms with Gasteiger partial charge in [0, 0.05) is 18.7 Å². The van der Waals surface area contributed by atoms with Crippen LogP contribution in [0, 0.1) is 0 Å². The lowest BCUT2D eigenvalue weighted by molar-refractivity contribution is -0.155. The molecule has 8 heteroatoms. The summed E-state index contributed by atoms with van der Waals surface area (Å²) in [4.78, 5) is 23.9. The van der Waals surface area contributed by atoms with Gasteiger partial charge in [-0.15, -0.1) is 0 Å². The van der Waals surface area contributed by atoms with Crippen molar-refractivity contribution in [3.05, 3.63) is 58.1 Å². The van der Waals surface area contributed by atoms with E-state index in [4.69, 9.17) is 37.4 Å². The molecule has 0 saturated heterocycles. The maximum absolute atomic E-state index is 12.2. The van der Waals surface area contributed by atoms with Crippen LogP contribution in [0.5, 0.6) is 0 Å². The highest BCUT2D eigenvalue weighted by atomic mass is 35.5. The fraction of sp³-hybridized carbons (Fsp3) is 0.417. The first kappa shape index (κ1) is 26.0. The molecule has 0 fully saturated rings. The molecule has 32 heavy (non-hydrogen) atoms. The third-order valence-corrected chi connectivity index (χ3v) is 4.78. The van der Waals surface area contributed by atoms with Crippen molar-refractivity contribution >= 4 is 46.5 Å². The highest BCUT2D eigenvalue weighted by Crippen LogP contribution is 2.33. The Labute approximate surface area is 199 Å².